The van der Waals surface area contributed by atoms with E-state index in [9.17, 15) is 9.59 Å². The van der Waals surface area contributed by atoms with Crippen molar-refractivity contribution in [3.63, 3.8) is 0 Å². The number of carbonyl (C=O) groups excluding carboxylic acids is 2. The highest BCUT2D eigenvalue weighted by atomic mass is 35.5. The van der Waals surface area contributed by atoms with Gasteiger partial charge in [-0.1, -0.05) is 42.5 Å². The number of benzene rings is 2. The zero-order valence-corrected chi connectivity index (χ0v) is 13.4. The molecule has 2 amide bonds. The summed E-state index contributed by atoms with van der Waals surface area (Å²) in [5.41, 5.74) is 2.74. The van der Waals surface area contributed by atoms with Crippen LogP contribution in [0.1, 0.15) is 23.2 Å². The topological polar surface area (TPSA) is 58.2 Å². The lowest BCUT2D eigenvalue weighted by Gasteiger charge is -2.22. The average Bonchev–Trinajstić information content (AvgIpc) is 2.58. The Morgan fingerprint density at radius 2 is 1.65 bits per heavy atom. The van der Waals surface area contributed by atoms with Gasteiger partial charge in [-0.25, -0.2) is 0 Å². The summed E-state index contributed by atoms with van der Waals surface area (Å²) < 4.78 is 0. The average molecular weight is 331 g/mol. The van der Waals surface area contributed by atoms with Crippen molar-refractivity contribution in [1.82, 2.24) is 10.6 Å². The molecule has 1 heterocycles. The predicted octanol–water partition coefficient (Wildman–Crippen LogP) is 2.78. The van der Waals surface area contributed by atoms with Crippen molar-refractivity contribution in [3.8, 4) is 11.1 Å². The van der Waals surface area contributed by atoms with E-state index in [2.05, 4.69) is 10.6 Å². The molecule has 0 spiro atoms. The minimum absolute atomic E-state index is 0. The van der Waals surface area contributed by atoms with Crippen molar-refractivity contribution in [2.45, 2.75) is 18.9 Å². The number of nitrogens with one attached hydrogen (secondary N) is 2. The van der Waals surface area contributed by atoms with E-state index in [0.717, 1.165) is 17.5 Å². The second-order valence-corrected chi connectivity index (χ2v) is 5.40. The minimum Gasteiger partial charge on any atom is -0.354 e. The van der Waals surface area contributed by atoms with Gasteiger partial charge in [0.25, 0.3) is 5.91 Å². The molecule has 0 bridgehead atoms. The maximum absolute atomic E-state index is 12.2. The number of amides is 2. The van der Waals surface area contributed by atoms with Crippen LogP contribution in [-0.2, 0) is 4.79 Å². The van der Waals surface area contributed by atoms with Gasteiger partial charge in [0, 0.05) is 12.1 Å². The summed E-state index contributed by atoms with van der Waals surface area (Å²) in [6.45, 7) is 0.691. The molecule has 5 heteroatoms. The Morgan fingerprint density at radius 3 is 2.30 bits per heavy atom. The van der Waals surface area contributed by atoms with Crippen molar-refractivity contribution >= 4 is 24.2 Å². The molecule has 0 radical (unpaired) electrons. The van der Waals surface area contributed by atoms with Gasteiger partial charge in [-0.2, -0.15) is 0 Å². The summed E-state index contributed by atoms with van der Waals surface area (Å²) in [6.07, 6.45) is 1.59. The number of rotatable bonds is 3. The highest BCUT2D eigenvalue weighted by Gasteiger charge is 2.23. The summed E-state index contributed by atoms with van der Waals surface area (Å²) in [5.74, 6) is -0.304. The largest absolute Gasteiger partial charge is 0.354 e. The zero-order valence-electron chi connectivity index (χ0n) is 12.6. The molecular formula is C18H19ClN2O2. The summed E-state index contributed by atoms with van der Waals surface area (Å²) >= 11 is 0. The summed E-state index contributed by atoms with van der Waals surface area (Å²) in [6, 6.07) is 17.0. The zero-order chi connectivity index (χ0) is 15.4. The molecule has 4 nitrogen and oxygen atoms in total. The van der Waals surface area contributed by atoms with Crippen molar-refractivity contribution in [3.05, 3.63) is 60.2 Å². The molecule has 0 aliphatic carbocycles. The fraction of sp³-hybridized carbons (Fsp3) is 0.222. The van der Waals surface area contributed by atoms with Gasteiger partial charge in [0.05, 0.1) is 0 Å². The fourth-order valence-corrected chi connectivity index (χ4v) is 2.60. The van der Waals surface area contributed by atoms with Crippen LogP contribution in [0.4, 0.5) is 0 Å². The molecule has 120 valence electrons. The van der Waals surface area contributed by atoms with Crippen molar-refractivity contribution < 1.29 is 9.59 Å². The number of halogens is 1. The first-order chi connectivity index (χ1) is 10.7. The van der Waals surface area contributed by atoms with Crippen molar-refractivity contribution in [2.75, 3.05) is 6.54 Å². The van der Waals surface area contributed by atoms with Gasteiger partial charge in [0.15, 0.2) is 0 Å². The minimum atomic E-state index is -0.421. The molecule has 1 atom stereocenters. The Hall–Kier alpha value is -2.33. The van der Waals surface area contributed by atoms with Gasteiger partial charge in [0.2, 0.25) is 5.91 Å². The summed E-state index contributed by atoms with van der Waals surface area (Å²) in [4.78, 5) is 23.9. The molecule has 0 saturated carbocycles. The molecule has 0 unspecified atom stereocenters. The van der Waals surface area contributed by atoms with E-state index < -0.39 is 6.04 Å². The maximum Gasteiger partial charge on any atom is 0.251 e. The van der Waals surface area contributed by atoms with E-state index in [1.807, 2.05) is 42.5 Å². The third-order valence-electron chi connectivity index (χ3n) is 3.84. The monoisotopic (exact) mass is 330 g/mol. The quantitative estimate of drug-likeness (QED) is 0.909. The Morgan fingerprint density at radius 1 is 1.00 bits per heavy atom. The van der Waals surface area contributed by atoms with E-state index in [1.54, 1.807) is 12.1 Å². The third kappa shape index (κ3) is 4.11. The molecule has 0 aromatic heterocycles. The van der Waals surface area contributed by atoms with Crippen LogP contribution < -0.4 is 10.6 Å². The Kier molecular flexibility index (Phi) is 5.77. The molecule has 2 N–H and O–H groups in total. The van der Waals surface area contributed by atoms with Crippen LogP contribution in [0.3, 0.4) is 0 Å². The van der Waals surface area contributed by atoms with Crippen molar-refractivity contribution in [1.29, 1.82) is 0 Å². The predicted molar refractivity (Wildman–Crippen MR) is 92.6 cm³/mol. The van der Waals surface area contributed by atoms with Gasteiger partial charge in [0.1, 0.15) is 6.04 Å². The molecule has 1 aliphatic rings. The highest BCUT2D eigenvalue weighted by Crippen LogP contribution is 2.19. The molecule has 1 fully saturated rings. The Bertz CT molecular complexity index is 671. The van der Waals surface area contributed by atoms with Crippen LogP contribution in [0.15, 0.2) is 54.6 Å². The van der Waals surface area contributed by atoms with Gasteiger partial charge >= 0.3 is 0 Å². The maximum atomic E-state index is 12.2. The summed E-state index contributed by atoms with van der Waals surface area (Å²) in [7, 11) is 0. The standard InChI is InChI=1S/C18H18N2O2.ClH/c21-17(20-16-7-4-12-19-18(16)22)15-10-8-14(9-11-15)13-5-2-1-3-6-13;/h1-3,5-6,8-11,16H,4,7,12H2,(H,19,22)(H,20,21);1H/t16-;/m1./s1. The van der Waals surface area contributed by atoms with Crippen molar-refractivity contribution in [2.24, 2.45) is 0 Å². The first-order valence-electron chi connectivity index (χ1n) is 7.48. The van der Waals surface area contributed by atoms with Crippen LogP contribution in [-0.4, -0.2) is 24.4 Å². The van der Waals surface area contributed by atoms with E-state index >= 15 is 0 Å². The first kappa shape index (κ1) is 17.0. The van der Waals surface area contributed by atoms with Crippen LogP contribution in [0.5, 0.6) is 0 Å². The second-order valence-electron chi connectivity index (χ2n) is 5.40. The van der Waals surface area contributed by atoms with Crippen LogP contribution >= 0.6 is 12.4 Å². The van der Waals surface area contributed by atoms with Gasteiger partial charge in [-0.3, -0.25) is 9.59 Å². The fourth-order valence-electron chi connectivity index (χ4n) is 2.60. The van der Waals surface area contributed by atoms with Gasteiger partial charge in [-0.05, 0) is 36.1 Å². The number of piperidine rings is 1. The molecule has 1 aliphatic heterocycles. The van der Waals surface area contributed by atoms with E-state index in [4.69, 9.17) is 0 Å². The Balaban J connectivity index is 0.00000192. The van der Waals surface area contributed by atoms with Gasteiger partial charge in [-0.15, -0.1) is 12.4 Å². The van der Waals surface area contributed by atoms with Crippen LogP contribution in [0.2, 0.25) is 0 Å². The Labute approximate surface area is 141 Å². The highest BCUT2D eigenvalue weighted by molar-refractivity contribution is 5.98. The normalized spacial score (nSPS) is 16.9. The molecule has 3 rings (SSSR count). The third-order valence-corrected chi connectivity index (χ3v) is 3.84. The van der Waals surface area contributed by atoms with Crippen LogP contribution in [0.25, 0.3) is 11.1 Å². The molecule has 1 saturated heterocycles. The number of hydrogen-bond acceptors (Lipinski definition) is 2. The van der Waals surface area contributed by atoms with Gasteiger partial charge < -0.3 is 10.6 Å². The number of hydrogen-bond donors (Lipinski definition) is 2. The van der Waals surface area contributed by atoms with E-state index in [-0.39, 0.29) is 24.2 Å². The van der Waals surface area contributed by atoms with Crippen LogP contribution in [0, 0.1) is 0 Å². The lowest BCUT2D eigenvalue weighted by atomic mass is 10.0. The smallest absolute Gasteiger partial charge is 0.251 e. The molecular weight excluding hydrogens is 312 g/mol. The van der Waals surface area contributed by atoms with E-state index in [1.165, 1.54) is 0 Å². The molecule has 2 aromatic carbocycles. The first-order valence-corrected chi connectivity index (χ1v) is 7.48. The molecule has 23 heavy (non-hydrogen) atoms. The lowest BCUT2D eigenvalue weighted by molar-refractivity contribution is -0.124. The second kappa shape index (κ2) is 7.79. The van der Waals surface area contributed by atoms with E-state index in [0.29, 0.717) is 18.5 Å². The summed E-state index contributed by atoms with van der Waals surface area (Å²) in [5, 5.41) is 5.56. The SMILES string of the molecule is Cl.O=C(N[C@@H]1CCCNC1=O)c1ccc(-c2ccccc2)cc1. The lowest BCUT2D eigenvalue weighted by Crippen LogP contribution is -2.50. The number of carbonyl (C=O) groups is 2. The molecule has 2 aromatic rings.